The van der Waals surface area contributed by atoms with Crippen molar-refractivity contribution in [2.75, 3.05) is 19.6 Å². The van der Waals surface area contributed by atoms with Crippen molar-refractivity contribution in [2.45, 2.75) is 63.0 Å². The van der Waals surface area contributed by atoms with Crippen LogP contribution < -0.4 is 5.73 Å². The molecule has 2 heterocycles. The van der Waals surface area contributed by atoms with E-state index < -0.39 is 5.60 Å². The van der Waals surface area contributed by atoms with Crippen LogP contribution in [0, 0.1) is 5.41 Å². The fourth-order valence-electron chi connectivity index (χ4n) is 4.76. The Hall–Kier alpha value is -0.120. The second-order valence-electron chi connectivity index (χ2n) is 6.41. The average molecular weight is 238 g/mol. The van der Waals surface area contributed by atoms with Crippen LogP contribution in [0.15, 0.2) is 0 Å². The number of hydrogen-bond donors (Lipinski definition) is 2. The van der Waals surface area contributed by atoms with Crippen molar-refractivity contribution < 1.29 is 5.11 Å². The van der Waals surface area contributed by atoms with Gasteiger partial charge in [0, 0.05) is 24.5 Å². The van der Waals surface area contributed by atoms with Gasteiger partial charge in [-0.2, -0.15) is 0 Å². The van der Waals surface area contributed by atoms with E-state index in [0.717, 1.165) is 25.8 Å². The standard InChI is InChI=1S/C14H26N2O/c15-11-13(6-2-3-7-13)14(17)8-10-16-9-4-1-5-12(14)16/h12,17H,1-11,15H2. The average Bonchev–Trinajstić information content (AvgIpc) is 2.97. The van der Waals surface area contributed by atoms with Crippen LogP contribution in [-0.2, 0) is 0 Å². The van der Waals surface area contributed by atoms with Crippen LogP contribution in [0.25, 0.3) is 0 Å². The third-order valence-electron chi connectivity index (χ3n) is 5.81. The Kier molecular flexibility index (Phi) is 2.96. The smallest absolute Gasteiger partial charge is 0.0882 e. The molecule has 17 heavy (non-hydrogen) atoms. The van der Waals surface area contributed by atoms with E-state index in [2.05, 4.69) is 4.90 Å². The molecular formula is C14H26N2O. The molecule has 98 valence electrons. The molecule has 3 nitrogen and oxygen atoms in total. The Labute approximate surface area is 104 Å². The molecule has 0 aromatic heterocycles. The van der Waals surface area contributed by atoms with E-state index in [1.807, 2.05) is 0 Å². The molecule has 1 aliphatic carbocycles. The van der Waals surface area contributed by atoms with E-state index in [-0.39, 0.29) is 5.41 Å². The van der Waals surface area contributed by atoms with Gasteiger partial charge in [-0.15, -0.1) is 0 Å². The Morgan fingerprint density at radius 1 is 1.06 bits per heavy atom. The molecule has 0 aromatic rings. The van der Waals surface area contributed by atoms with Crippen molar-refractivity contribution in [3.63, 3.8) is 0 Å². The van der Waals surface area contributed by atoms with Gasteiger partial charge in [-0.3, -0.25) is 4.90 Å². The molecule has 3 fully saturated rings. The van der Waals surface area contributed by atoms with Gasteiger partial charge >= 0.3 is 0 Å². The van der Waals surface area contributed by atoms with Crippen molar-refractivity contribution in [1.29, 1.82) is 0 Å². The normalized spacial score (nSPS) is 41.6. The molecule has 2 unspecified atom stereocenters. The van der Waals surface area contributed by atoms with Gasteiger partial charge in [0.2, 0.25) is 0 Å². The van der Waals surface area contributed by atoms with Crippen molar-refractivity contribution in [1.82, 2.24) is 4.90 Å². The first-order valence-electron chi connectivity index (χ1n) is 7.38. The van der Waals surface area contributed by atoms with Gasteiger partial charge in [-0.1, -0.05) is 19.3 Å². The number of aliphatic hydroxyl groups is 1. The second kappa shape index (κ2) is 4.22. The van der Waals surface area contributed by atoms with Crippen LogP contribution in [0.3, 0.4) is 0 Å². The number of nitrogens with zero attached hydrogens (tertiary/aromatic N) is 1. The highest BCUT2D eigenvalue weighted by atomic mass is 16.3. The summed E-state index contributed by atoms with van der Waals surface area (Å²) in [5, 5.41) is 11.3. The van der Waals surface area contributed by atoms with Gasteiger partial charge in [0.15, 0.2) is 0 Å². The molecule has 3 aliphatic rings. The van der Waals surface area contributed by atoms with Gasteiger partial charge in [-0.25, -0.2) is 0 Å². The lowest BCUT2D eigenvalue weighted by atomic mass is 9.65. The van der Waals surface area contributed by atoms with Crippen LogP contribution in [0.5, 0.6) is 0 Å². The van der Waals surface area contributed by atoms with Crippen LogP contribution in [0.2, 0.25) is 0 Å². The van der Waals surface area contributed by atoms with Crippen LogP contribution in [0.4, 0.5) is 0 Å². The number of rotatable bonds is 2. The Bertz CT molecular complexity index is 288. The maximum Gasteiger partial charge on any atom is 0.0882 e. The molecule has 0 bridgehead atoms. The topological polar surface area (TPSA) is 49.5 Å². The Morgan fingerprint density at radius 3 is 2.53 bits per heavy atom. The van der Waals surface area contributed by atoms with E-state index in [1.165, 1.54) is 38.6 Å². The zero-order valence-electron chi connectivity index (χ0n) is 10.8. The third-order valence-corrected chi connectivity index (χ3v) is 5.81. The third kappa shape index (κ3) is 1.59. The van der Waals surface area contributed by atoms with Crippen molar-refractivity contribution >= 4 is 0 Å². The minimum absolute atomic E-state index is 0.0315. The summed E-state index contributed by atoms with van der Waals surface area (Å²) < 4.78 is 0. The lowest BCUT2D eigenvalue weighted by molar-refractivity contribution is -0.106. The number of piperidine rings is 1. The molecule has 0 spiro atoms. The number of hydrogen-bond acceptors (Lipinski definition) is 3. The minimum atomic E-state index is -0.487. The van der Waals surface area contributed by atoms with E-state index in [0.29, 0.717) is 12.6 Å². The van der Waals surface area contributed by atoms with Gasteiger partial charge in [-0.05, 0) is 38.6 Å². The summed E-state index contributed by atoms with van der Waals surface area (Å²) >= 11 is 0. The lowest BCUT2D eigenvalue weighted by Crippen LogP contribution is -2.59. The highest BCUT2D eigenvalue weighted by Crippen LogP contribution is 2.53. The Morgan fingerprint density at radius 2 is 1.82 bits per heavy atom. The van der Waals surface area contributed by atoms with Crippen molar-refractivity contribution in [2.24, 2.45) is 11.1 Å². The summed E-state index contributed by atoms with van der Waals surface area (Å²) in [5.74, 6) is 0. The zero-order chi connectivity index (χ0) is 11.9. The van der Waals surface area contributed by atoms with Gasteiger partial charge < -0.3 is 10.8 Å². The molecule has 3 heteroatoms. The van der Waals surface area contributed by atoms with E-state index >= 15 is 0 Å². The van der Waals surface area contributed by atoms with E-state index in [9.17, 15) is 5.11 Å². The largest absolute Gasteiger partial charge is 0.388 e. The van der Waals surface area contributed by atoms with Crippen molar-refractivity contribution in [3.8, 4) is 0 Å². The maximum atomic E-state index is 11.3. The van der Waals surface area contributed by atoms with E-state index in [1.54, 1.807) is 0 Å². The van der Waals surface area contributed by atoms with Gasteiger partial charge in [0.25, 0.3) is 0 Å². The highest BCUT2D eigenvalue weighted by Gasteiger charge is 2.59. The minimum Gasteiger partial charge on any atom is -0.388 e. The maximum absolute atomic E-state index is 11.3. The summed E-state index contributed by atoms with van der Waals surface area (Å²) in [6.45, 7) is 2.95. The molecule has 0 aromatic carbocycles. The number of nitrogens with two attached hydrogens (primary N) is 1. The SMILES string of the molecule is NCC1(C2(O)CCN3CCCCC32)CCCC1. The summed E-state index contributed by atoms with van der Waals surface area (Å²) in [6, 6.07) is 0.401. The molecule has 2 atom stereocenters. The molecule has 2 aliphatic heterocycles. The summed E-state index contributed by atoms with van der Waals surface area (Å²) in [7, 11) is 0. The molecule has 1 saturated carbocycles. The predicted octanol–water partition coefficient (Wildman–Crippen LogP) is 1.49. The fourth-order valence-corrected chi connectivity index (χ4v) is 4.76. The highest BCUT2D eigenvalue weighted by molar-refractivity contribution is 5.12. The molecule has 2 saturated heterocycles. The quantitative estimate of drug-likeness (QED) is 0.766. The lowest BCUT2D eigenvalue weighted by Gasteiger charge is -2.48. The van der Waals surface area contributed by atoms with Crippen molar-refractivity contribution in [3.05, 3.63) is 0 Å². The van der Waals surface area contributed by atoms with Crippen LogP contribution >= 0.6 is 0 Å². The van der Waals surface area contributed by atoms with E-state index in [4.69, 9.17) is 5.73 Å². The zero-order valence-corrected chi connectivity index (χ0v) is 10.8. The van der Waals surface area contributed by atoms with Crippen LogP contribution in [-0.4, -0.2) is 41.3 Å². The first kappa shape index (κ1) is 11.9. The molecule has 3 N–H and O–H groups in total. The first-order chi connectivity index (χ1) is 8.22. The van der Waals surface area contributed by atoms with Crippen LogP contribution in [0.1, 0.15) is 51.4 Å². The number of fused-ring (bicyclic) bond motifs is 1. The first-order valence-corrected chi connectivity index (χ1v) is 7.38. The summed E-state index contributed by atoms with van der Waals surface area (Å²) in [6.07, 6.45) is 9.52. The monoisotopic (exact) mass is 238 g/mol. The molecule has 3 rings (SSSR count). The Balaban J connectivity index is 1.89. The van der Waals surface area contributed by atoms with Gasteiger partial charge in [0.05, 0.1) is 5.60 Å². The second-order valence-corrected chi connectivity index (χ2v) is 6.41. The molecule has 0 radical (unpaired) electrons. The summed E-state index contributed by atoms with van der Waals surface area (Å²) in [5.41, 5.74) is 5.62. The fraction of sp³-hybridized carbons (Fsp3) is 1.00. The summed E-state index contributed by atoms with van der Waals surface area (Å²) in [4.78, 5) is 2.53. The predicted molar refractivity (Wildman–Crippen MR) is 68.7 cm³/mol. The van der Waals surface area contributed by atoms with Gasteiger partial charge in [0.1, 0.15) is 0 Å². The molecular weight excluding hydrogens is 212 g/mol. The molecule has 0 amide bonds.